The zero-order chi connectivity index (χ0) is 20.6. The van der Waals surface area contributed by atoms with Crippen molar-refractivity contribution >= 4 is 17.6 Å². The molecule has 1 aliphatic heterocycles. The number of nitrogens with two attached hydrogens (primary N) is 1. The highest BCUT2D eigenvalue weighted by Crippen LogP contribution is 2.56. The molecule has 0 amide bonds. The van der Waals surface area contributed by atoms with Crippen molar-refractivity contribution in [3.8, 4) is 0 Å². The molecular weight excluding hydrogens is 354 g/mol. The van der Waals surface area contributed by atoms with Gasteiger partial charge in [-0.05, 0) is 39.3 Å². The van der Waals surface area contributed by atoms with E-state index in [0.29, 0.717) is 5.56 Å². The Bertz CT molecular complexity index is 769. The van der Waals surface area contributed by atoms with Crippen LogP contribution in [0.3, 0.4) is 0 Å². The van der Waals surface area contributed by atoms with Crippen LogP contribution in [0.2, 0.25) is 0 Å². The number of carbonyl (C=O) groups is 2. The molecule has 5 atom stereocenters. The van der Waals surface area contributed by atoms with Crippen LogP contribution in [-0.4, -0.2) is 45.7 Å². The number of benzene rings is 1. The minimum atomic E-state index is -1.54. The first-order valence-corrected chi connectivity index (χ1v) is 8.70. The minimum Gasteiger partial charge on any atom is -0.481 e. The van der Waals surface area contributed by atoms with Gasteiger partial charge in [0.1, 0.15) is 0 Å². The molecule has 5 N–H and O–H groups in total. The molecule has 27 heavy (non-hydrogen) atoms. The van der Waals surface area contributed by atoms with Crippen LogP contribution in [0.1, 0.15) is 38.7 Å². The summed E-state index contributed by atoms with van der Waals surface area (Å²) in [6, 6.07) is 4.40. The quantitative estimate of drug-likeness (QED) is 0.428. The number of aliphatic carboxylic acids is 2. The van der Waals surface area contributed by atoms with E-state index in [1.807, 2.05) is 0 Å². The predicted molar refractivity (Wildman–Crippen MR) is 97.4 cm³/mol. The van der Waals surface area contributed by atoms with Crippen molar-refractivity contribution in [2.75, 3.05) is 6.54 Å². The Labute approximate surface area is 156 Å². The van der Waals surface area contributed by atoms with Crippen LogP contribution in [-0.2, 0) is 9.59 Å². The lowest BCUT2D eigenvalue weighted by atomic mass is 9.51. The number of hydrogen-bond acceptors (Lipinski definition) is 6. The first kappa shape index (κ1) is 20.8. The van der Waals surface area contributed by atoms with Gasteiger partial charge in [0.05, 0.1) is 15.8 Å². The molecular formula is C18H25N3O6. The Morgan fingerprint density at radius 1 is 1.26 bits per heavy atom. The predicted octanol–water partition coefficient (Wildman–Crippen LogP) is 1.57. The highest BCUT2D eigenvalue weighted by molar-refractivity contribution is 5.84. The Kier molecular flexibility index (Phi) is 5.58. The number of rotatable bonds is 6. The molecule has 0 spiro atoms. The molecule has 0 bridgehead atoms. The average Bonchev–Trinajstić information content (AvgIpc) is 2.59. The molecule has 5 unspecified atom stereocenters. The monoisotopic (exact) mass is 379 g/mol. The third-order valence-corrected chi connectivity index (χ3v) is 6.12. The average molecular weight is 379 g/mol. The third-order valence-electron chi connectivity index (χ3n) is 6.12. The highest BCUT2D eigenvalue weighted by Gasteiger charge is 2.64. The van der Waals surface area contributed by atoms with Crippen LogP contribution < -0.4 is 11.1 Å². The van der Waals surface area contributed by atoms with E-state index in [9.17, 15) is 29.9 Å². The van der Waals surface area contributed by atoms with Crippen molar-refractivity contribution in [3.05, 3.63) is 39.9 Å². The molecule has 1 heterocycles. The maximum atomic E-state index is 12.5. The van der Waals surface area contributed by atoms with Gasteiger partial charge in [0, 0.05) is 30.1 Å². The summed E-state index contributed by atoms with van der Waals surface area (Å²) in [5, 5.41) is 34.5. The fourth-order valence-corrected chi connectivity index (χ4v) is 4.52. The summed E-state index contributed by atoms with van der Waals surface area (Å²) in [6.45, 7) is 4.89. The maximum Gasteiger partial charge on any atom is 0.311 e. The van der Waals surface area contributed by atoms with Crippen LogP contribution in [0.5, 0.6) is 0 Å². The topological polar surface area (TPSA) is 156 Å². The maximum absolute atomic E-state index is 12.5. The third kappa shape index (κ3) is 3.06. The number of piperidine rings is 1. The van der Waals surface area contributed by atoms with Gasteiger partial charge in [0.25, 0.3) is 5.69 Å². The number of nitro benzene ring substituents is 1. The Morgan fingerprint density at radius 3 is 2.37 bits per heavy atom. The van der Waals surface area contributed by atoms with E-state index in [1.54, 1.807) is 19.9 Å². The largest absolute Gasteiger partial charge is 0.481 e. The molecule has 1 aromatic rings. The van der Waals surface area contributed by atoms with Gasteiger partial charge in [0.2, 0.25) is 0 Å². The van der Waals surface area contributed by atoms with E-state index in [-0.39, 0.29) is 18.7 Å². The number of nitrogens with zero attached hydrogens (tertiary/aromatic N) is 1. The van der Waals surface area contributed by atoms with Gasteiger partial charge in [-0.3, -0.25) is 19.7 Å². The molecule has 1 fully saturated rings. The zero-order valence-electron chi connectivity index (χ0n) is 15.5. The molecule has 0 aliphatic carbocycles. The van der Waals surface area contributed by atoms with Crippen molar-refractivity contribution in [2.45, 2.75) is 45.2 Å². The summed E-state index contributed by atoms with van der Waals surface area (Å²) < 4.78 is 0. The van der Waals surface area contributed by atoms with E-state index < -0.39 is 45.7 Å². The number of hydrogen-bond donors (Lipinski definition) is 4. The van der Waals surface area contributed by atoms with E-state index >= 15 is 0 Å². The lowest BCUT2D eigenvalue weighted by Crippen LogP contribution is -2.69. The van der Waals surface area contributed by atoms with Crippen LogP contribution in [0.4, 0.5) is 5.69 Å². The Morgan fingerprint density at radius 2 is 1.89 bits per heavy atom. The van der Waals surface area contributed by atoms with Gasteiger partial charge < -0.3 is 21.3 Å². The Hall–Kier alpha value is -2.52. The van der Waals surface area contributed by atoms with E-state index in [2.05, 4.69) is 5.32 Å². The van der Waals surface area contributed by atoms with Crippen molar-refractivity contribution in [3.63, 3.8) is 0 Å². The van der Waals surface area contributed by atoms with Gasteiger partial charge >= 0.3 is 11.9 Å². The first-order chi connectivity index (χ1) is 12.5. The summed E-state index contributed by atoms with van der Waals surface area (Å²) >= 11 is 0. The zero-order valence-corrected chi connectivity index (χ0v) is 15.5. The van der Waals surface area contributed by atoms with Crippen LogP contribution >= 0.6 is 0 Å². The lowest BCUT2D eigenvalue weighted by molar-refractivity contribution is -0.385. The Balaban J connectivity index is 2.85. The molecule has 0 aromatic heterocycles. The van der Waals surface area contributed by atoms with E-state index in [4.69, 9.17) is 5.73 Å². The standard InChI is InChI=1S/C18H25N3O6/c1-10-17(3,15(22)23)14(12-5-4-6-13(9-12)21(26)27)18(7-8-19,16(24)25)11(2)20-10/h4-6,9-11,14,20H,7-8,19H2,1-3H3,(H,22,23)(H,24,25). The van der Waals surface area contributed by atoms with E-state index in [1.165, 1.54) is 25.1 Å². The second kappa shape index (κ2) is 7.24. The molecule has 1 aromatic carbocycles. The second-order valence-electron chi connectivity index (χ2n) is 7.37. The van der Waals surface area contributed by atoms with Crippen molar-refractivity contribution in [2.24, 2.45) is 16.6 Å². The highest BCUT2D eigenvalue weighted by atomic mass is 16.6. The SMILES string of the molecule is CC1NC(C)C(CCN)(C(=O)O)C(c2cccc([N+](=O)[O-])c2)C1(C)C(=O)O. The summed E-state index contributed by atoms with van der Waals surface area (Å²) in [6.07, 6.45) is 0.0272. The fraction of sp³-hybridized carbons (Fsp3) is 0.556. The van der Waals surface area contributed by atoms with Crippen LogP contribution in [0.15, 0.2) is 24.3 Å². The van der Waals surface area contributed by atoms with Gasteiger partial charge in [-0.25, -0.2) is 0 Å². The second-order valence-corrected chi connectivity index (χ2v) is 7.37. The number of carboxylic acids is 2. The molecule has 9 heteroatoms. The molecule has 1 saturated heterocycles. The summed E-state index contributed by atoms with van der Waals surface area (Å²) in [5.74, 6) is -3.37. The van der Waals surface area contributed by atoms with Crippen LogP contribution in [0.25, 0.3) is 0 Å². The van der Waals surface area contributed by atoms with Crippen molar-refractivity contribution < 1.29 is 24.7 Å². The molecule has 2 rings (SSSR count). The number of non-ortho nitro benzene ring substituents is 1. The first-order valence-electron chi connectivity index (χ1n) is 8.70. The minimum absolute atomic E-state index is 0.0272. The van der Waals surface area contributed by atoms with Crippen molar-refractivity contribution in [1.82, 2.24) is 5.32 Å². The summed E-state index contributed by atoms with van der Waals surface area (Å²) in [7, 11) is 0. The van der Waals surface area contributed by atoms with E-state index in [0.717, 1.165) is 0 Å². The fourth-order valence-electron chi connectivity index (χ4n) is 4.52. The summed E-state index contributed by atoms with van der Waals surface area (Å²) in [4.78, 5) is 35.4. The van der Waals surface area contributed by atoms with Gasteiger partial charge in [0.15, 0.2) is 0 Å². The molecule has 9 nitrogen and oxygen atoms in total. The van der Waals surface area contributed by atoms with Crippen LogP contribution in [0, 0.1) is 20.9 Å². The van der Waals surface area contributed by atoms with Gasteiger partial charge in [-0.15, -0.1) is 0 Å². The smallest absolute Gasteiger partial charge is 0.311 e. The van der Waals surface area contributed by atoms with Gasteiger partial charge in [-0.1, -0.05) is 12.1 Å². The number of nitro groups is 1. The molecule has 0 radical (unpaired) electrons. The molecule has 148 valence electrons. The number of carboxylic acid groups (broad SMARTS) is 2. The lowest BCUT2D eigenvalue weighted by Gasteiger charge is -2.56. The summed E-state index contributed by atoms with van der Waals surface area (Å²) in [5.41, 5.74) is 2.75. The number of nitrogens with one attached hydrogen (secondary N) is 1. The molecule has 0 saturated carbocycles. The normalized spacial score (nSPS) is 33.4. The molecule has 1 aliphatic rings. The van der Waals surface area contributed by atoms with Gasteiger partial charge in [-0.2, -0.15) is 0 Å². The van der Waals surface area contributed by atoms with Crippen molar-refractivity contribution in [1.29, 1.82) is 0 Å².